The van der Waals surface area contributed by atoms with E-state index in [1.165, 1.54) is 6.42 Å². The number of aromatic nitrogens is 1. The molecule has 0 radical (unpaired) electrons. The molecule has 2 atom stereocenters. The molecule has 6 nitrogen and oxygen atoms in total. The predicted octanol–water partition coefficient (Wildman–Crippen LogP) is 4.68. The number of pyridine rings is 1. The van der Waals surface area contributed by atoms with Crippen LogP contribution < -0.4 is 10.6 Å². The molecule has 162 valence electrons. The molecular weight excluding hydrogens is 398 g/mol. The second kappa shape index (κ2) is 6.86. The Kier molecular flexibility index (Phi) is 4.16. The largest absolute Gasteiger partial charge is 0.362 e. The monoisotopic (exact) mass is 425 g/mol. The number of hydrogen-bond acceptors (Lipinski definition) is 5. The van der Waals surface area contributed by atoms with Gasteiger partial charge < -0.3 is 10.6 Å². The summed E-state index contributed by atoms with van der Waals surface area (Å²) in [6, 6.07) is 10.7. The van der Waals surface area contributed by atoms with Gasteiger partial charge in [0.1, 0.15) is 0 Å². The minimum absolute atomic E-state index is 0.0528. The highest BCUT2D eigenvalue weighted by molar-refractivity contribution is 6.00. The van der Waals surface area contributed by atoms with E-state index >= 15 is 0 Å². The molecule has 2 N–H and O–H groups in total. The molecule has 3 aliphatic heterocycles. The third-order valence-corrected chi connectivity index (χ3v) is 7.85. The van der Waals surface area contributed by atoms with Gasteiger partial charge in [-0.05, 0) is 67.0 Å². The highest BCUT2D eigenvalue weighted by Crippen LogP contribution is 2.53. The van der Waals surface area contributed by atoms with Crippen molar-refractivity contribution in [1.29, 1.82) is 0 Å². The van der Waals surface area contributed by atoms with Gasteiger partial charge in [-0.3, -0.25) is 9.78 Å². The molecule has 1 unspecified atom stereocenters. The number of carbonyl (C=O) groups is 1. The number of fused-ring (bicyclic) bond motifs is 1. The van der Waals surface area contributed by atoms with Crippen LogP contribution in [0.2, 0.25) is 0 Å². The van der Waals surface area contributed by atoms with Crippen molar-refractivity contribution in [1.82, 2.24) is 15.6 Å². The maximum atomic E-state index is 13.7. The molecule has 0 bridgehead atoms. The molecule has 1 aliphatic carbocycles. The lowest BCUT2D eigenvalue weighted by atomic mass is 9.60. The van der Waals surface area contributed by atoms with E-state index in [1.807, 2.05) is 18.6 Å². The third-order valence-electron chi connectivity index (χ3n) is 7.85. The topological polar surface area (TPSA) is 78.7 Å². The molecule has 2 aromatic rings. The number of nitrogens with one attached hydrogen (secondary N) is 2. The van der Waals surface area contributed by atoms with Crippen LogP contribution in [0, 0.1) is 6.92 Å². The number of rotatable bonds is 3. The molecule has 1 fully saturated rings. The minimum Gasteiger partial charge on any atom is -0.362 e. The van der Waals surface area contributed by atoms with Crippen LogP contribution >= 0.6 is 0 Å². The number of amides is 1. The Hall–Kier alpha value is -3.28. The van der Waals surface area contributed by atoms with Crippen molar-refractivity contribution < 1.29 is 4.79 Å². The van der Waals surface area contributed by atoms with Gasteiger partial charge in [-0.2, -0.15) is 10.2 Å². The molecule has 1 saturated carbocycles. The molecule has 6 rings (SSSR count). The highest BCUT2D eigenvalue weighted by atomic mass is 16.2. The van der Waals surface area contributed by atoms with E-state index in [-0.39, 0.29) is 17.6 Å². The maximum absolute atomic E-state index is 13.7. The van der Waals surface area contributed by atoms with E-state index in [4.69, 9.17) is 0 Å². The Bertz CT molecular complexity index is 1220. The molecule has 0 saturated heterocycles. The number of nitrogens with zero attached hydrogens (tertiary/aromatic N) is 3. The van der Waals surface area contributed by atoms with E-state index in [0.717, 1.165) is 64.8 Å². The first-order chi connectivity index (χ1) is 15.6. The zero-order valence-electron chi connectivity index (χ0n) is 18.5. The molecule has 4 heterocycles. The number of azo groups is 1. The van der Waals surface area contributed by atoms with Gasteiger partial charge in [0.15, 0.2) is 6.17 Å². The van der Waals surface area contributed by atoms with Crippen molar-refractivity contribution >= 4 is 5.91 Å². The van der Waals surface area contributed by atoms with E-state index in [1.54, 1.807) is 0 Å². The molecule has 32 heavy (non-hydrogen) atoms. The van der Waals surface area contributed by atoms with Gasteiger partial charge in [-0.1, -0.05) is 25.1 Å². The second-order valence-corrected chi connectivity index (χ2v) is 9.51. The SMILES string of the molecule is CC[C@@]1(c2cccc(-c3ccncc3C)c2)C2=CN=NC2NC2=C1C(=O)NC1(CCC1)C2. The Morgan fingerprint density at radius 3 is 2.84 bits per heavy atom. The molecule has 1 amide bonds. The van der Waals surface area contributed by atoms with Crippen LogP contribution in [0.1, 0.15) is 50.2 Å². The van der Waals surface area contributed by atoms with Crippen molar-refractivity contribution in [2.24, 2.45) is 10.2 Å². The van der Waals surface area contributed by atoms with E-state index in [2.05, 4.69) is 70.0 Å². The van der Waals surface area contributed by atoms with Gasteiger partial charge in [0, 0.05) is 35.6 Å². The van der Waals surface area contributed by atoms with Crippen LogP contribution in [-0.4, -0.2) is 22.6 Å². The van der Waals surface area contributed by atoms with Crippen LogP contribution in [0.3, 0.4) is 0 Å². The van der Waals surface area contributed by atoms with Crippen LogP contribution in [0.4, 0.5) is 0 Å². The quantitative estimate of drug-likeness (QED) is 0.749. The van der Waals surface area contributed by atoms with Crippen molar-refractivity contribution in [3.05, 3.63) is 76.9 Å². The maximum Gasteiger partial charge on any atom is 0.250 e. The molecule has 1 aromatic carbocycles. The summed E-state index contributed by atoms with van der Waals surface area (Å²) in [6.07, 6.45) is 10.2. The van der Waals surface area contributed by atoms with Crippen molar-refractivity contribution in [3.63, 3.8) is 0 Å². The van der Waals surface area contributed by atoms with Gasteiger partial charge >= 0.3 is 0 Å². The van der Waals surface area contributed by atoms with Gasteiger partial charge in [0.25, 0.3) is 5.91 Å². The summed E-state index contributed by atoms with van der Waals surface area (Å²) in [5, 5.41) is 15.7. The minimum atomic E-state index is -0.554. The molecule has 6 heteroatoms. The van der Waals surface area contributed by atoms with Gasteiger partial charge in [0.2, 0.25) is 0 Å². The lowest BCUT2D eigenvalue weighted by Crippen LogP contribution is -2.62. The first-order valence-electron chi connectivity index (χ1n) is 11.5. The van der Waals surface area contributed by atoms with Gasteiger partial charge in [0.05, 0.1) is 17.2 Å². The zero-order chi connectivity index (χ0) is 21.9. The molecule has 1 aromatic heterocycles. The van der Waals surface area contributed by atoms with Crippen LogP contribution in [0.25, 0.3) is 11.1 Å². The van der Waals surface area contributed by atoms with E-state index in [0.29, 0.717) is 0 Å². The Morgan fingerprint density at radius 2 is 2.09 bits per heavy atom. The summed E-state index contributed by atoms with van der Waals surface area (Å²) in [4.78, 5) is 17.9. The van der Waals surface area contributed by atoms with Crippen LogP contribution in [0.5, 0.6) is 0 Å². The Morgan fingerprint density at radius 1 is 1.22 bits per heavy atom. The van der Waals surface area contributed by atoms with Crippen LogP contribution in [-0.2, 0) is 10.2 Å². The fraction of sp³-hybridized carbons (Fsp3) is 0.385. The van der Waals surface area contributed by atoms with Crippen molar-refractivity contribution in [3.8, 4) is 11.1 Å². The molecular formula is C26H27N5O. The summed E-state index contributed by atoms with van der Waals surface area (Å²) in [5.74, 6) is 0.0528. The fourth-order valence-corrected chi connectivity index (χ4v) is 6.09. The summed E-state index contributed by atoms with van der Waals surface area (Å²) in [6.45, 7) is 4.24. The summed E-state index contributed by atoms with van der Waals surface area (Å²) >= 11 is 0. The average Bonchev–Trinajstić information content (AvgIpc) is 3.25. The average molecular weight is 426 g/mol. The number of carbonyl (C=O) groups excluding carboxylic acids is 1. The predicted molar refractivity (Wildman–Crippen MR) is 123 cm³/mol. The van der Waals surface area contributed by atoms with Crippen molar-refractivity contribution in [2.45, 2.75) is 63.1 Å². The number of hydrogen-bond donors (Lipinski definition) is 2. The lowest BCUT2D eigenvalue weighted by Gasteiger charge is -2.52. The van der Waals surface area contributed by atoms with Gasteiger partial charge in [-0.15, -0.1) is 0 Å². The molecule has 4 aliphatic rings. The molecule has 1 spiro atoms. The lowest BCUT2D eigenvalue weighted by molar-refractivity contribution is -0.122. The number of aryl methyl sites for hydroxylation is 1. The van der Waals surface area contributed by atoms with E-state index < -0.39 is 5.41 Å². The highest BCUT2D eigenvalue weighted by Gasteiger charge is 2.55. The second-order valence-electron chi connectivity index (χ2n) is 9.51. The van der Waals surface area contributed by atoms with E-state index in [9.17, 15) is 4.79 Å². The van der Waals surface area contributed by atoms with Crippen molar-refractivity contribution in [2.75, 3.05) is 0 Å². The zero-order valence-corrected chi connectivity index (χ0v) is 18.5. The first kappa shape index (κ1) is 19.4. The summed E-state index contributed by atoms with van der Waals surface area (Å²) in [5.41, 5.74) is 6.84. The fourth-order valence-electron chi connectivity index (χ4n) is 6.09. The van der Waals surface area contributed by atoms with Crippen LogP contribution in [0.15, 0.2) is 76.0 Å². The Labute approximate surface area is 187 Å². The third kappa shape index (κ3) is 2.58. The standard InChI is InChI=1S/C26H27N5O/c1-3-26(18-7-4-6-17(12-18)19-8-11-27-14-16(19)2)20-15-28-31-23(20)29-21-13-25(9-5-10-25)30-24(32)22(21)26/h4,6-8,11-12,14-15,23,29H,3,5,9-10,13H2,1-2H3,(H,30,32)/t23?,26-/m1/s1. The number of benzene rings is 1. The summed E-state index contributed by atoms with van der Waals surface area (Å²) < 4.78 is 0. The Balaban J connectivity index is 1.56. The summed E-state index contributed by atoms with van der Waals surface area (Å²) in [7, 11) is 0. The first-order valence-corrected chi connectivity index (χ1v) is 11.5. The normalized spacial score (nSPS) is 27.2. The smallest absolute Gasteiger partial charge is 0.250 e. The van der Waals surface area contributed by atoms with Gasteiger partial charge in [-0.25, -0.2) is 0 Å².